The third kappa shape index (κ3) is 4.65. The van der Waals surface area contributed by atoms with Crippen molar-refractivity contribution in [2.75, 3.05) is 6.54 Å². The zero-order chi connectivity index (χ0) is 20.2. The highest BCUT2D eigenvalue weighted by atomic mass is 32.1. The summed E-state index contributed by atoms with van der Waals surface area (Å²) in [6.45, 7) is 2.92. The highest BCUT2D eigenvalue weighted by Gasteiger charge is 2.31. The molecule has 1 aliphatic rings. The molecule has 1 atom stereocenters. The number of benzene rings is 2. The Morgan fingerprint density at radius 3 is 2.72 bits per heavy atom. The van der Waals surface area contributed by atoms with Crippen LogP contribution in [-0.2, 0) is 13.0 Å². The van der Waals surface area contributed by atoms with Crippen molar-refractivity contribution in [1.82, 2.24) is 9.88 Å². The Morgan fingerprint density at radius 2 is 1.97 bits per heavy atom. The van der Waals surface area contributed by atoms with Gasteiger partial charge in [0.05, 0.1) is 5.69 Å². The summed E-state index contributed by atoms with van der Waals surface area (Å²) < 4.78 is 18.7. The second-order valence-electron chi connectivity index (χ2n) is 7.25. The smallest absolute Gasteiger partial charge is 0.266 e. The van der Waals surface area contributed by atoms with Crippen molar-refractivity contribution in [2.45, 2.75) is 38.8 Å². The van der Waals surface area contributed by atoms with Gasteiger partial charge in [-0.2, -0.15) is 0 Å². The van der Waals surface area contributed by atoms with Gasteiger partial charge in [-0.15, -0.1) is 11.3 Å². The molecule has 0 N–H and O–H groups in total. The molecule has 0 saturated carbocycles. The van der Waals surface area contributed by atoms with Crippen molar-refractivity contribution in [3.63, 3.8) is 0 Å². The molecule has 0 spiro atoms. The van der Waals surface area contributed by atoms with E-state index in [-0.39, 0.29) is 24.4 Å². The third-order valence-corrected chi connectivity index (χ3v) is 6.28. The minimum Gasteiger partial charge on any atom is -0.486 e. The fourth-order valence-electron chi connectivity index (χ4n) is 3.72. The van der Waals surface area contributed by atoms with Crippen LogP contribution in [0.2, 0.25) is 0 Å². The Morgan fingerprint density at radius 1 is 1.21 bits per heavy atom. The van der Waals surface area contributed by atoms with E-state index in [0.717, 1.165) is 36.5 Å². The van der Waals surface area contributed by atoms with Crippen LogP contribution in [0.1, 0.15) is 38.8 Å². The lowest BCUT2D eigenvalue weighted by Gasteiger charge is -2.24. The number of halogens is 1. The molecule has 4 rings (SSSR count). The van der Waals surface area contributed by atoms with Gasteiger partial charge in [-0.3, -0.25) is 4.79 Å². The number of rotatable bonds is 6. The standard InChI is InChI=1S/C23H23FN2O2S/c1-16-22(29-21(25-16)15-28-20-11-9-18(24)10-12-20)23(27)26-13-5-8-19(26)14-17-6-3-2-4-7-17/h2-4,6-7,9-12,19H,5,8,13-15H2,1H3. The molecule has 1 fully saturated rings. The number of likely N-dealkylation sites (tertiary alicyclic amines) is 1. The lowest BCUT2D eigenvalue weighted by Crippen LogP contribution is -2.36. The number of nitrogens with zero attached hydrogens (tertiary/aromatic N) is 2. The van der Waals surface area contributed by atoms with E-state index in [1.165, 1.54) is 29.0 Å². The van der Waals surface area contributed by atoms with Crippen LogP contribution in [0, 0.1) is 12.7 Å². The van der Waals surface area contributed by atoms with Crippen LogP contribution in [0.5, 0.6) is 5.75 Å². The van der Waals surface area contributed by atoms with E-state index in [9.17, 15) is 9.18 Å². The Hall–Kier alpha value is -2.73. The average molecular weight is 411 g/mol. The molecule has 1 saturated heterocycles. The van der Waals surface area contributed by atoms with Crippen LogP contribution in [-0.4, -0.2) is 28.4 Å². The SMILES string of the molecule is Cc1nc(COc2ccc(F)cc2)sc1C(=O)N1CCCC1Cc1ccccc1. The van der Waals surface area contributed by atoms with Gasteiger partial charge in [0.1, 0.15) is 28.1 Å². The van der Waals surface area contributed by atoms with Gasteiger partial charge < -0.3 is 9.64 Å². The topological polar surface area (TPSA) is 42.4 Å². The maximum Gasteiger partial charge on any atom is 0.266 e. The van der Waals surface area contributed by atoms with Gasteiger partial charge in [-0.1, -0.05) is 30.3 Å². The van der Waals surface area contributed by atoms with E-state index in [4.69, 9.17) is 4.74 Å². The lowest BCUT2D eigenvalue weighted by atomic mass is 10.0. The molecule has 0 bridgehead atoms. The minimum absolute atomic E-state index is 0.0615. The fraction of sp³-hybridized carbons (Fsp3) is 0.304. The number of hydrogen-bond donors (Lipinski definition) is 0. The quantitative estimate of drug-likeness (QED) is 0.573. The fourth-order valence-corrected chi connectivity index (χ4v) is 4.65. The molecule has 3 aromatic rings. The maximum atomic E-state index is 13.2. The van der Waals surface area contributed by atoms with E-state index in [1.807, 2.05) is 30.0 Å². The van der Waals surface area contributed by atoms with Crippen molar-refractivity contribution in [3.8, 4) is 5.75 Å². The highest BCUT2D eigenvalue weighted by Crippen LogP contribution is 2.27. The summed E-state index contributed by atoms with van der Waals surface area (Å²) in [5, 5.41) is 0.744. The molecule has 0 aliphatic carbocycles. The summed E-state index contributed by atoms with van der Waals surface area (Å²) in [5.41, 5.74) is 2.00. The van der Waals surface area contributed by atoms with E-state index >= 15 is 0 Å². The van der Waals surface area contributed by atoms with Crippen molar-refractivity contribution in [1.29, 1.82) is 0 Å². The lowest BCUT2D eigenvalue weighted by molar-refractivity contribution is 0.0740. The Kier molecular flexibility index (Phi) is 5.90. The van der Waals surface area contributed by atoms with Crippen LogP contribution < -0.4 is 4.74 Å². The predicted molar refractivity (Wildman–Crippen MR) is 112 cm³/mol. The first-order valence-corrected chi connectivity index (χ1v) is 10.6. The molecule has 29 heavy (non-hydrogen) atoms. The normalized spacial score (nSPS) is 16.2. The molecule has 1 unspecified atom stereocenters. The second kappa shape index (κ2) is 8.74. The molecule has 150 valence electrons. The molecule has 0 radical (unpaired) electrons. The Balaban J connectivity index is 1.43. The van der Waals surface area contributed by atoms with Crippen molar-refractivity contribution >= 4 is 17.2 Å². The summed E-state index contributed by atoms with van der Waals surface area (Å²) in [5.74, 6) is 0.340. The largest absolute Gasteiger partial charge is 0.486 e. The van der Waals surface area contributed by atoms with E-state index < -0.39 is 0 Å². The molecule has 4 nitrogen and oxygen atoms in total. The first-order valence-electron chi connectivity index (χ1n) is 9.80. The molecule has 2 heterocycles. The van der Waals surface area contributed by atoms with E-state index in [2.05, 4.69) is 17.1 Å². The van der Waals surface area contributed by atoms with Crippen molar-refractivity contribution in [3.05, 3.63) is 81.6 Å². The number of ether oxygens (including phenoxy) is 1. The van der Waals surface area contributed by atoms with Crippen LogP contribution in [0.25, 0.3) is 0 Å². The number of amides is 1. The predicted octanol–water partition coefficient (Wildman–Crippen LogP) is 5.02. The minimum atomic E-state index is -0.300. The average Bonchev–Trinajstić information content (AvgIpc) is 3.34. The van der Waals surface area contributed by atoms with Gasteiger partial charge in [-0.05, 0) is 56.0 Å². The molecule has 1 aromatic heterocycles. The Labute approximate surface area is 174 Å². The maximum absolute atomic E-state index is 13.2. The number of aromatic nitrogens is 1. The summed E-state index contributed by atoms with van der Waals surface area (Å²) in [6.07, 6.45) is 2.94. The zero-order valence-corrected chi connectivity index (χ0v) is 17.1. The van der Waals surface area contributed by atoms with Crippen molar-refractivity contribution in [2.24, 2.45) is 0 Å². The summed E-state index contributed by atoms with van der Waals surface area (Å²) >= 11 is 1.38. The number of carbonyl (C=O) groups excluding carboxylic acids is 1. The number of hydrogen-bond acceptors (Lipinski definition) is 4. The Bertz CT molecular complexity index is 972. The summed E-state index contributed by atoms with van der Waals surface area (Å²) in [6, 6.07) is 16.4. The number of aryl methyl sites for hydroxylation is 1. The summed E-state index contributed by atoms with van der Waals surface area (Å²) in [4.78, 5) is 20.4. The summed E-state index contributed by atoms with van der Waals surface area (Å²) in [7, 11) is 0. The van der Waals surface area contributed by atoms with Gasteiger partial charge in [0.25, 0.3) is 5.91 Å². The van der Waals surface area contributed by atoms with Gasteiger partial charge in [0, 0.05) is 12.6 Å². The molecule has 2 aromatic carbocycles. The molecule has 6 heteroatoms. The zero-order valence-electron chi connectivity index (χ0n) is 16.3. The van der Waals surface area contributed by atoms with Gasteiger partial charge in [0.15, 0.2) is 0 Å². The third-order valence-electron chi connectivity index (χ3n) is 5.16. The van der Waals surface area contributed by atoms with Crippen LogP contribution in [0.4, 0.5) is 4.39 Å². The van der Waals surface area contributed by atoms with Crippen LogP contribution in [0.15, 0.2) is 54.6 Å². The highest BCUT2D eigenvalue weighted by molar-refractivity contribution is 7.13. The number of carbonyl (C=O) groups is 1. The molecular formula is C23H23FN2O2S. The van der Waals surface area contributed by atoms with E-state index in [0.29, 0.717) is 10.6 Å². The number of thiazole rings is 1. The van der Waals surface area contributed by atoms with Gasteiger partial charge >= 0.3 is 0 Å². The van der Waals surface area contributed by atoms with E-state index in [1.54, 1.807) is 12.1 Å². The van der Waals surface area contributed by atoms with Gasteiger partial charge in [0.2, 0.25) is 0 Å². The second-order valence-corrected chi connectivity index (χ2v) is 8.33. The molecular weight excluding hydrogens is 387 g/mol. The van der Waals surface area contributed by atoms with Crippen LogP contribution in [0.3, 0.4) is 0 Å². The first-order chi connectivity index (χ1) is 14.1. The molecule has 1 aliphatic heterocycles. The van der Waals surface area contributed by atoms with Crippen molar-refractivity contribution < 1.29 is 13.9 Å². The van der Waals surface area contributed by atoms with Gasteiger partial charge in [-0.25, -0.2) is 9.37 Å². The first kappa shape index (κ1) is 19.6. The van der Waals surface area contributed by atoms with Crippen LogP contribution >= 0.6 is 11.3 Å². The molecule has 1 amide bonds. The monoisotopic (exact) mass is 410 g/mol.